The number of nitrogens with one attached hydrogen (secondary N) is 1. The lowest BCUT2D eigenvalue weighted by molar-refractivity contribution is 0.435. The monoisotopic (exact) mass is 150 g/mol. The van der Waals surface area contributed by atoms with E-state index in [1.54, 1.807) is 6.20 Å². The van der Waals surface area contributed by atoms with Gasteiger partial charge >= 0.3 is 0 Å². The van der Waals surface area contributed by atoms with Crippen LogP contribution in [-0.4, -0.2) is 10.2 Å². The van der Waals surface area contributed by atoms with E-state index in [4.69, 9.17) is 4.74 Å². The molecule has 3 heteroatoms. The van der Waals surface area contributed by atoms with Crippen LogP contribution in [0, 0.1) is 0 Å². The van der Waals surface area contributed by atoms with E-state index < -0.39 is 0 Å². The summed E-state index contributed by atoms with van der Waals surface area (Å²) in [7, 11) is 0. The highest BCUT2D eigenvalue weighted by Crippen LogP contribution is 2.11. The van der Waals surface area contributed by atoms with Gasteiger partial charge in [0, 0.05) is 6.20 Å². The second-order valence-corrected chi connectivity index (χ2v) is 1.91. The molecule has 3 nitrogen and oxygen atoms in total. The van der Waals surface area contributed by atoms with E-state index in [0.717, 1.165) is 11.5 Å². The Hall–Kier alpha value is -1.51. The molecule has 0 spiro atoms. The highest BCUT2D eigenvalue weighted by atomic mass is 16.5. The molecule has 1 rings (SSSR count). The largest absolute Gasteiger partial charge is 0.464 e. The van der Waals surface area contributed by atoms with Crippen molar-refractivity contribution in [2.45, 2.75) is 6.92 Å². The zero-order valence-electron chi connectivity index (χ0n) is 6.37. The highest BCUT2D eigenvalue weighted by Gasteiger charge is 1.99. The Morgan fingerprint density at radius 1 is 1.82 bits per heavy atom. The molecule has 0 unspecified atom stereocenters. The van der Waals surface area contributed by atoms with Gasteiger partial charge in [0.05, 0.1) is 12.0 Å². The van der Waals surface area contributed by atoms with E-state index >= 15 is 0 Å². The van der Waals surface area contributed by atoms with Crippen molar-refractivity contribution in [3.8, 4) is 0 Å². The molecule has 0 amide bonds. The predicted molar refractivity (Wildman–Crippen MR) is 43.5 cm³/mol. The first-order valence-corrected chi connectivity index (χ1v) is 3.32. The average molecular weight is 150 g/mol. The number of hydrogen-bond acceptors (Lipinski definition) is 2. The standard InChI is InChI=1S/C8H10N2O/c1-3-8(11-4-2)7-5-6-9-10-7/h3-6H,2H2,1H3,(H,9,10)/b8-3-. The Balaban J connectivity index is 2.80. The second kappa shape index (κ2) is 3.61. The van der Waals surface area contributed by atoms with Crippen molar-refractivity contribution >= 4 is 5.76 Å². The van der Waals surface area contributed by atoms with Crippen LogP contribution in [0.4, 0.5) is 0 Å². The predicted octanol–water partition coefficient (Wildman–Crippen LogP) is 1.93. The minimum absolute atomic E-state index is 0.734. The molecular weight excluding hydrogens is 140 g/mol. The Morgan fingerprint density at radius 2 is 2.64 bits per heavy atom. The molecule has 0 bridgehead atoms. The summed E-state index contributed by atoms with van der Waals surface area (Å²) in [6, 6.07) is 1.83. The van der Waals surface area contributed by atoms with Crippen LogP contribution in [-0.2, 0) is 4.74 Å². The van der Waals surface area contributed by atoms with Gasteiger partial charge in [-0.05, 0) is 19.1 Å². The summed E-state index contributed by atoms with van der Waals surface area (Å²) in [6.07, 6.45) is 4.90. The number of ether oxygens (including phenoxy) is 1. The zero-order valence-corrected chi connectivity index (χ0v) is 6.37. The maximum Gasteiger partial charge on any atom is 0.147 e. The first-order valence-electron chi connectivity index (χ1n) is 3.32. The summed E-state index contributed by atoms with van der Waals surface area (Å²) in [5, 5.41) is 6.58. The average Bonchev–Trinajstić information content (AvgIpc) is 2.52. The summed E-state index contributed by atoms with van der Waals surface area (Å²) in [5.41, 5.74) is 0.854. The Bertz CT molecular complexity index is 249. The lowest BCUT2D eigenvalue weighted by Crippen LogP contribution is -1.85. The molecule has 11 heavy (non-hydrogen) atoms. The number of allylic oxidation sites excluding steroid dienone is 1. The molecule has 0 saturated heterocycles. The first kappa shape index (κ1) is 7.60. The summed E-state index contributed by atoms with van der Waals surface area (Å²) < 4.78 is 5.09. The number of aromatic nitrogens is 2. The topological polar surface area (TPSA) is 37.9 Å². The molecule has 0 aliphatic heterocycles. The van der Waals surface area contributed by atoms with Gasteiger partial charge in [0.15, 0.2) is 0 Å². The van der Waals surface area contributed by atoms with Crippen molar-refractivity contribution in [1.29, 1.82) is 0 Å². The first-order chi connectivity index (χ1) is 5.38. The van der Waals surface area contributed by atoms with Crippen molar-refractivity contribution in [1.82, 2.24) is 10.2 Å². The third kappa shape index (κ3) is 1.70. The van der Waals surface area contributed by atoms with Crippen molar-refractivity contribution in [2.24, 2.45) is 0 Å². The number of H-pyrrole nitrogens is 1. The lowest BCUT2D eigenvalue weighted by atomic mass is 10.3. The molecular formula is C8H10N2O. The second-order valence-electron chi connectivity index (χ2n) is 1.91. The Labute approximate surface area is 65.4 Å². The van der Waals surface area contributed by atoms with Gasteiger partial charge in [0.2, 0.25) is 0 Å². The van der Waals surface area contributed by atoms with Crippen molar-refractivity contribution in [3.63, 3.8) is 0 Å². The molecule has 1 heterocycles. The van der Waals surface area contributed by atoms with Crippen molar-refractivity contribution in [2.75, 3.05) is 0 Å². The molecule has 0 aromatic carbocycles. The van der Waals surface area contributed by atoms with Crippen LogP contribution >= 0.6 is 0 Å². The number of rotatable bonds is 3. The lowest BCUT2D eigenvalue weighted by Gasteiger charge is -2.00. The molecule has 1 N–H and O–H groups in total. The van der Waals surface area contributed by atoms with Crippen molar-refractivity contribution < 1.29 is 4.74 Å². The van der Waals surface area contributed by atoms with Crippen LogP contribution in [0.15, 0.2) is 31.2 Å². The zero-order chi connectivity index (χ0) is 8.10. The van der Waals surface area contributed by atoms with Crippen LogP contribution < -0.4 is 0 Å². The van der Waals surface area contributed by atoms with Crippen LogP contribution in [0.1, 0.15) is 12.6 Å². The Kier molecular flexibility index (Phi) is 2.49. The van der Waals surface area contributed by atoms with E-state index in [9.17, 15) is 0 Å². The maximum atomic E-state index is 5.09. The molecule has 0 fully saturated rings. The normalized spacial score (nSPS) is 11.2. The smallest absolute Gasteiger partial charge is 0.147 e. The fraction of sp³-hybridized carbons (Fsp3) is 0.125. The van der Waals surface area contributed by atoms with E-state index in [2.05, 4.69) is 16.8 Å². The molecule has 0 aliphatic rings. The van der Waals surface area contributed by atoms with E-state index in [1.165, 1.54) is 6.26 Å². The van der Waals surface area contributed by atoms with Gasteiger partial charge < -0.3 is 4.74 Å². The maximum absolute atomic E-state index is 5.09. The minimum atomic E-state index is 0.734. The molecule has 1 aromatic heterocycles. The van der Waals surface area contributed by atoms with Crippen molar-refractivity contribution in [3.05, 3.63) is 36.9 Å². The molecule has 0 aliphatic carbocycles. The Morgan fingerprint density at radius 3 is 3.09 bits per heavy atom. The third-order valence-electron chi connectivity index (χ3n) is 1.24. The van der Waals surface area contributed by atoms with Gasteiger partial charge in [0.1, 0.15) is 5.76 Å². The molecule has 0 radical (unpaired) electrons. The fourth-order valence-electron chi connectivity index (χ4n) is 0.770. The van der Waals surface area contributed by atoms with Gasteiger partial charge in [-0.3, -0.25) is 5.10 Å². The van der Waals surface area contributed by atoms with E-state index in [1.807, 2.05) is 19.1 Å². The molecule has 0 saturated carbocycles. The van der Waals surface area contributed by atoms with E-state index in [0.29, 0.717) is 0 Å². The number of aromatic amines is 1. The van der Waals surface area contributed by atoms with Gasteiger partial charge in [-0.1, -0.05) is 6.58 Å². The van der Waals surface area contributed by atoms with Crippen LogP contribution in [0.3, 0.4) is 0 Å². The molecule has 0 atom stereocenters. The number of hydrogen-bond donors (Lipinski definition) is 1. The summed E-state index contributed by atoms with van der Waals surface area (Å²) in [4.78, 5) is 0. The molecule has 58 valence electrons. The highest BCUT2D eigenvalue weighted by molar-refractivity contribution is 5.55. The summed E-state index contributed by atoms with van der Waals surface area (Å²) >= 11 is 0. The fourth-order valence-corrected chi connectivity index (χ4v) is 0.770. The van der Waals surface area contributed by atoms with Gasteiger partial charge in [-0.25, -0.2) is 0 Å². The van der Waals surface area contributed by atoms with Crippen LogP contribution in [0.2, 0.25) is 0 Å². The van der Waals surface area contributed by atoms with Crippen LogP contribution in [0.25, 0.3) is 5.76 Å². The summed E-state index contributed by atoms with van der Waals surface area (Å²) in [5.74, 6) is 0.734. The summed E-state index contributed by atoms with van der Waals surface area (Å²) in [6.45, 7) is 5.35. The van der Waals surface area contributed by atoms with E-state index in [-0.39, 0.29) is 0 Å². The number of nitrogens with zero attached hydrogens (tertiary/aromatic N) is 1. The van der Waals surface area contributed by atoms with Gasteiger partial charge in [-0.15, -0.1) is 0 Å². The quantitative estimate of drug-likeness (QED) is 0.668. The molecule has 1 aromatic rings. The third-order valence-corrected chi connectivity index (χ3v) is 1.24. The van der Waals surface area contributed by atoms with Gasteiger partial charge in [0.25, 0.3) is 0 Å². The van der Waals surface area contributed by atoms with Gasteiger partial charge in [-0.2, -0.15) is 5.10 Å². The van der Waals surface area contributed by atoms with Crippen LogP contribution in [0.5, 0.6) is 0 Å². The minimum Gasteiger partial charge on any atom is -0.464 e. The SMILES string of the molecule is C=CO/C(=C\C)c1ccn[nH]1.